The first-order chi connectivity index (χ1) is 9.62. The SMILES string of the molecule is C[Si](C)(C)C#CCCNS(=O)(=O)c1ccc([N+](=O)[O-])cc1. The average Bonchev–Trinajstić information content (AvgIpc) is 2.37. The van der Waals surface area contributed by atoms with Gasteiger partial charge in [0.2, 0.25) is 10.0 Å². The second-order valence-corrected chi connectivity index (χ2v) is 12.0. The molecule has 0 radical (unpaired) electrons. The number of non-ortho nitro benzene ring substituents is 1. The molecule has 8 heteroatoms. The minimum atomic E-state index is -3.65. The summed E-state index contributed by atoms with van der Waals surface area (Å²) in [5, 5.41) is 10.5. The number of hydrogen-bond donors (Lipinski definition) is 1. The number of nitro groups is 1. The number of benzene rings is 1. The van der Waals surface area contributed by atoms with Gasteiger partial charge in [-0.2, -0.15) is 0 Å². The largest absolute Gasteiger partial charge is 0.269 e. The summed E-state index contributed by atoms with van der Waals surface area (Å²) in [4.78, 5) is 9.95. The maximum Gasteiger partial charge on any atom is 0.269 e. The number of hydrogen-bond acceptors (Lipinski definition) is 4. The fourth-order valence-corrected chi connectivity index (χ4v) is 3.09. The van der Waals surface area contributed by atoms with Gasteiger partial charge in [-0.3, -0.25) is 10.1 Å². The van der Waals surface area contributed by atoms with Crippen molar-refractivity contribution in [3.8, 4) is 11.5 Å². The van der Waals surface area contributed by atoms with E-state index in [1.54, 1.807) is 0 Å². The molecule has 21 heavy (non-hydrogen) atoms. The molecule has 6 nitrogen and oxygen atoms in total. The smallest absolute Gasteiger partial charge is 0.258 e. The zero-order chi connectivity index (χ0) is 16.1. The molecule has 0 fully saturated rings. The number of nitrogens with zero attached hydrogens (tertiary/aromatic N) is 1. The molecular weight excluding hydrogens is 308 g/mol. The molecule has 0 saturated carbocycles. The Hall–Kier alpha value is -1.69. The van der Waals surface area contributed by atoms with E-state index in [9.17, 15) is 18.5 Å². The zero-order valence-corrected chi connectivity index (χ0v) is 14.0. The van der Waals surface area contributed by atoms with E-state index in [1.807, 2.05) is 0 Å². The second-order valence-electron chi connectivity index (χ2n) is 5.45. The standard InChI is InChI=1S/C13H18N2O4SSi/c1-21(2,3)11-5-4-10-14-20(18,19)13-8-6-12(7-9-13)15(16)17/h6-9,14H,4,10H2,1-3H3. The van der Waals surface area contributed by atoms with Crippen molar-refractivity contribution in [3.05, 3.63) is 34.4 Å². The van der Waals surface area contributed by atoms with Crippen LogP contribution in [0.3, 0.4) is 0 Å². The molecule has 0 saturated heterocycles. The van der Waals surface area contributed by atoms with Gasteiger partial charge in [-0.25, -0.2) is 13.1 Å². The molecule has 0 aliphatic rings. The molecule has 1 rings (SSSR count). The molecule has 0 aliphatic heterocycles. The highest BCUT2D eigenvalue weighted by Gasteiger charge is 2.15. The summed E-state index contributed by atoms with van der Waals surface area (Å²) in [6.07, 6.45) is 0.441. The van der Waals surface area contributed by atoms with Gasteiger partial charge in [0.05, 0.1) is 9.82 Å². The number of nitro benzene ring substituents is 1. The van der Waals surface area contributed by atoms with Crippen LogP contribution in [0.25, 0.3) is 0 Å². The monoisotopic (exact) mass is 326 g/mol. The summed E-state index contributed by atoms with van der Waals surface area (Å²) >= 11 is 0. The van der Waals surface area contributed by atoms with Gasteiger partial charge < -0.3 is 0 Å². The predicted molar refractivity (Wildman–Crippen MR) is 84.0 cm³/mol. The van der Waals surface area contributed by atoms with Crippen molar-refractivity contribution in [2.75, 3.05) is 6.54 Å². The van der Waals surface area contributed by atoms with Crippen LogP contribution >= 0.6 is 0 Å². The van der Waals surface area contributed by atoms with E-state index in [0.29, 0.717) is 6.42 Å². The second kappa shape index (κ2) is 6.84. The van der Waals surface area contributed by atoms with Crippen LogP contribution in [0.2, 0.25) is 19.6 Å². The van der Waals surface area contributed by atoms with Crippen LogP contribution in [-0.4, -0.2) is 28.0 Å². The summed E-state index contributed by atoms with van der Waals surface area (Å²) in [5.74, 6) is 2.97. The molecule has 1 aromatic carbocycles. The van der Waals surface area contributed by atoms with E-state index in [4.69, 9.17) is 0 Å². The van der Waals surface area contributed by atoms with Crippen LogP contribution in [-0.2, 0) is 10.0 Å². The molecule has 0 unspecified atom stereocenters. The molecule has 0 atom stereocenters. The fourth-order valence-electron chi connectivity index (χ4n) is 1.41. The van der Waals surface area contributed by atoms with Crippen LogP contribution in [0.4, 0.5) is 5.69 Å². The summed E-state index contributed by atoms with van der Waals surface area (Å²) in [6.45, 7) is 6.56. The quantitative estimate of drug-likeness (QED) is 0.295. The third-order valence-corrected chi connectivity index (χ3v) is 4.77. The summed E-state index contributed by atoms with van der Waals surface area (Å²) in [5.41, 5.74) is 3.00. The molecule has 0 amide bonds. The Kier molecular flexibility index (Phi) is 5.66. The topological polar surface area (TPSA) is 89.3 Å². The van der Waals surface area contributed by atoms with Crippen LogP contribution in [0, 0.1) is 21.6 Å². The van der Waals surface area contributed by atoms with Crippen molar-refractivity contribution in [2.24, 2.45) is 0 Å². The maximum atomic E-state index is 12.0. The van der Waals surface area contributed by atoms with Crippen molar-refractivity contribution >= 4 is 23.8 Å². The Balaban J connectivity index is 2.65. The van der Waals surface area contributed by atoms with E-state index in [0.717, 1.165) is 0 Å². The van der Waals surface area contributed by atoms with Crippen molar-refractivity contribution in [2.45, 2.75) is 31.0 Å². The zero-order valence-electron chi connectivity index (χ0n) is 12.2. The lowest BCUT2D eigenvalue weighted by atomic mass is 10.3. The Labute approximate surface area is 125 Å². The fraction of sp³-hybridized carbons (Fsp3) is 0.385. The van der Waals surface area contributed by atoms with E-state index in [2.05, 4.69) is 35.8 Å². The van der Waals surface area contributed by atoms with E-state index in [-0.39, 0.29) is 17.1 Å². The Bertz CT molecular complexity index is 667. The van der Waals surface area contributed by atoms with Gasteiger partial charge >= 0.3 is 0 Å². The van der Waals surface area contributed by atoms with Gasteiger partial charge in [0.15, 0.2) is 0 Å². The van der Waals surface area contributed by atoms with Crippen LogP contribution < -0.4 is 4.72 Å². The van der Waals surface area contributed by atoms with Gasteiger partial charge in [0, 0.05) is 25.1 Å². The van der Waals surface area contributed by atoms with Crippen LogP contribution in [0.1, 0.15) is 6.42 Å². The lowest BCUT2D eigenvalue weighted by Gasteiger charge is -2.05. The van der Waals surface area contributed by atoms with Crippen molar-refractivity contribution in [3.63, 3.8) is 0 Å². The highest BCUT2D eigenvalue weighted by Crippen LogP contribution is 2.15. The lowest BCUT2D eigenvalue weighted by Crippen LogP contribution is -2.24. The minimum Gasteiger partial charge on any atom is -0.258 e. The Morgan fingerprint density at radius 1 is 1.24 bits per heavy atom. The molecule has 0 heterocycles. The molecule has 0 spiro atoms. The lowest BCUT2D eigenvalue weighted by molar-refractivity contribution is -0.384. The first-order valence-electron chi connectivity index (χ1n) is 6.36. The van der Waals surface area contributed by atoms with Crippen LogP contribution in [0.15, 0.2) is 29.2 Å². The van der Waals surface area contributed by atoms with Gasteiger partial charge in [-0.15, -0.1) is 11.5 Å². The number of nitrogens with one attached hydrogen (secondary N) is 1. The van der Waals surface area contributed by atoms with Gasteiger partial charge in [-0.05, 0) is 12.1 Å². The first-order valence-corrected chi connectivity index (χ1v) is 11.3. The average molecular weight is 326 g/mol. The van der Waals surface area contributed by atoms with E-state index in [1.165, 1.54) is 24.3 Å². The van der Waals surface area contributed by atoms with Crippen LogP contribution in [0.5, 0.6) is 0 Å². The first kappa shape index (κ1) is 17.4. The predicted octanol–water partition coefficient (Wildman–Crippen LogP) is 2.14. The Morgan fingerprint density at radius 2 is 1.81 bits per heavy atom. The minimum absolute atomic E-state index is 0.00579. The molecule has 0 bridgehead atoms. The molecule has 0 aromatic heterocycles. The highest BCUT2D eigenvalue weighted by molar-refractivity contribution is 7.89. The van der Waals surface area contributed by atoms with Crippen molar-refractivity contribution in [1.29, 1.82) is 0 Å². The van der Waals surface area contributed by atoms with Gasteiger partial charge in [0.1, 0.15) is 8.07 Å². The molecule has 1 aromatic rings. The molecule has 114 valence electrons. The van der Waals surface area contributed by atoms with Crippen molar-refractivity contribution in [1.82, 2.24) is 4.72 Å². The number of sulfonamides is 1. The van der Waals surface area contributed by atoms with E-state index < -0.39 is 23.0 Å². The maximum absolute atomic E-state index is 12.0. The van der Waals surface area contributed by atoms with Gasteiger partial charge in [-0.1, -0.05) is 19.6 Å². The Morgan fingerprint density at radius 3 is 2.29 bits per heavy atom. The summed E-state index contributed by atoms with van der Waals surface area (Å²) in [6, 6.07) is 4.77. The molecule has 0 aliphatic carbocycles. The summed E-state index contributed by atoms with van der Waals surface area (Å²) in [7, 11) is -5.08. The normalized spacial score (nSPS) is 11.6. The third kappa shape index (κ3) is 6.08. The molecule has 1 N–H and O–H groups in total. The van der Waals surface area contributed by atoms with E-state index >= 15 is 0 Å². The molecular formula is C13H18N2O4SSi. The highest BCUT2D eigenvalue weighted by atomic mass is 32.2. The third-order valence-electron chi connectivity index (χ3n) is 2.36. The summed E-state index contributed by atoms with van der Waals surface area (Å²) < 4.78 is 26.3. The number of rotatable bonds is 5. The van der Waals surface area contributed by atoms with Crippen molar-refractivity contribution < 1.29 is 13.3 Å². The van der Waals surface area contributed by atoms with Gasteiger partial charge in [0.25, 0.3) is 5.69 Å².